The summed E-state index contributed by atoms with van der Waals surface area (Å²) in [4.78, 5) is 22.7. The molecule has 0 radical (unpaired) electrons. The van der Waals surface area contributed by atoms with Gasteiger partial charge in [-0.05, 0) is 6.92 Å². The maximum absolute atomic E-state index is 13.7. The second kappa shape index (κ2) is 7.96. The molecule has 0 aliphatic rings. The summed E-state index contributed by atoms with van der Waals surface area (Å²) in [6.45, 7) is 1.68. The zero-order valence-electron chi connectivity index (χ0n) is 12.2. The van der Waals surface area contributed by atoms with Crippen molar-refractivity contribution in [2.24, 2.45) is 0 Å². The quantitative estimate of drug-likeness (QED) is 0.639. The number of carbonyl (C=O) groups is 2. The van der Waals surface area contributed by atoms with Crippen LogP contribution in [0.1, 0.15) is 6.92 Å². The lowest BCUT2D eigenvalue weighted by Gasteiger charge is -2.11. The van der Waals surface area contributed by atoms with Gasteiger partial charge in [0.15, 0.2) is 17.4 Å². The van der Waals surface area contributed by atoms with Gasteiger partial charge in [-0.1, -0.05) is 0 Å². The molecule has 1 rings (SSSR count). The number of carbonyl (C=O) groups excluding carboxylic acids is 2. The first kappa shape index (κ1) is 17.4. The molecular weight excluding hydrogens is 300 g/mol. The van der Waals surface area contributed by atoms with E-state index in [2.05, 4.69) is 14.8 Å². The molecule has 0 saturated carbocycles. The highest BCUT2D eigenvalue weighted by atomic mass is 19.1. The van der Waals surface area contributed by atoms with Crippen LogP contribution in [0.15, 0.2) is 23.9 Å². The third kappa shape index (κ3) is 4.44. The molecule has 1 N–H and O–H groups in total. The standard InChI is InChI=1S/C14H15F2NO5/c1-4-22-13-9(15)5-8(6-10(13)16)17-11(14(19)21-3)7-12(18)20-2/h5-7,17H,4H2,1-3H3/b11-7+. The van der Waals surface area contributed by atoms with Crippen molar-refractivity contribution < 1.29 is 32.6 Å². The zero-order valence-corrected chi connectivity index (χ0v) is 12.2. The van der Waals surface area contributed by atoms with E-state index in [1.807, 2.05) is 0 Å². The fourth-order valence-electron chi connectivity index (χ4n) is 1.50. The topological polar surface area (TPSA) is 73.9 Å². The van der Waals surface area contributed by atoms with Crippen LogP contribution in [0.4, 0.5) is 14.5 Å². The van der Waals surface area contributed by atoms with Crippen LogP contribution in [0.25, 0.3) is 0 Å². The average Bonchev–Trinajstić information content (AvgIpc) is 2.49. The molecule has 0 aromatic heterocycles. The Morgan fingerprint density at radius 1 is 1.18 bits per heavy atom. The summed E-state index contributed by atoms with van der Waals surface area (Å²) in [6.07, 6.45) is 0.804. The van der Waals surface area contributed by atoms with Gasteiger partial charge >= 0.3 is 11.9 Å². The third-order valence-electron chi connectivity index (χ3n) is 2.43. The first-order valence-corrected chi connectivity index (χ1v) is 6.19. The van der Waals surface area contributed by atoms with Gasteiger partial charge in [0.05, 0.1) is 26.9 Å². The molecule has 0 amide bonds. The molecule has 0 unspecified atom stereocenters. The zero-order chi connectivity index (χ0) is 16.7. The van der Waals surface area contributed by atoms with Gasteiger partial charge in [0, 0.05) is 17.8 Å². The Hall–Kier alpha value is -2.64. The normalized spacial score (nSPS) is 10.9. The van der Waals surface area contributed by atoms with Crippen molar-refractivity contribution in [1.29, 1.82) is 0 Å². The number of anilines is 1. The minimum absolute atomic E-state index is 0.0935. The molecule has 0 saturated heterocycles. The summed E-state index contributed by atoms with van der Waals surface area (Å²) in [5, 5.41) is 2.40. The van der Waals surface area contributed by atoms with Gasteiger partial charge in [0.2, 0.25) is 0 Å². The van der Waals surface area contributed by atoms with Gasteiger partial charge in [-0.2, -0.15) is 0 Å². The molecule has 8 heteroatoms. The van der Waals surface area contributed by atoms with Crippen LogP contribution in [-0.2, 0) is 19.1 Å². The molecule has 120 valence electrons. The highest BCUT2D eigenvalue weighted by molar-refractivity contribution is 5.98. The van der Waals surface area contributed by atoms with Crippen molar-refractivity contribution in [2.75, 3.05) is 26.1 Å². The largest absolute Gasteiger partial charge is 0.488 e. The number of rotatable bonds is 6. The molecule has 0 heterocycles. The van der Waals surface area contributed by atoms with Gasteiger partial charge in [0.1, 0.15) is 5.70 Å². The van der Waals surface area contributed by atoms with Crippen molar-refractivity contribution in [1.82, 2.24) is 0 Å². The predicted molar refractivity (Wildman–Crippen MR) is 73.3 cm³/mol. The van der Waals surface area contributed by atoms with E-state index in [1.165, 1.54) is 0 Å². The Morgan fingerprint density at radius 3 is 2.23 bits per heavy atom. The van der Waals surface area contributed by atoms with Crippen LogP contribution in [0, 0.1) is 11.6 Å². The van der Waals surface area contributed by atoms with Crippen molar-refractivity contribution in [2.45, 2.75) is 6.92 Å². The second-order valence-electron chi connectivity index (χ2n) is 3.90. The summed E-state index contributed by atoms with van der Waals surface area (Å²) in [7, 11) is 2.21. The number of nitrogens with one attached hydrogen (secondary N) is 1. The van der Waals surface area contributed by atoms with E-state index in [-0.39, 0.29) is 18.0 Å². The molecular formula is C14H15F2NO5. The molecule has 0 spiro atoms. The van der Waals surface area contributed by atoms with Crippen LogP contribution >= 0.6 is 0 Å². The highest BCUT2D eigenvalue weighted by Gasteiger charge is 2.16. The monoisotopic (exact) mass is 315 g/mol. The van der Waals surface area contributed by atoms with E-state index in [0.717, 1.165) is 32.4 Å². The van der Waals surface area contributed by atoms with Gasteiger partial charge in [-0.3, -0.25) is 0 Å². The van der Waals surface area contributed by atoms with Crippen molar-refractivity contribution in [3.05, 3.63) is 35.5 Å². The molecule has 0 aliphatic carbocycles. The lowest BCUT2D eigenvalue weighted by atomic mass is 10.2. The fourth-order valence-corrected chi connectivity index (χ4v) is 1.50. The lowest BCUT2D eigenvalue weighted by Crippen LogP contribution is -2.15. The number of hydrogen-bond acceptors (Lipinski definition) is 6. The summed E-state index contributed by atoms with van der Waals surface area (Å²) >= 11 is 0. The summed E-state index contributed by atoms with van der Waals surface area (Å²) in [5.74, 6) is -4.16. The van der Waals surface area contributed by atoms with E-state index < -0.39 is 29.3 Å². The van der Waals surface area contributed by atoms with Crippen LogP contribution in [0.3, 0.4) is 0 Å². The van der Waals surface area contributed by atoms with E-state index in [9.17, 15) is 18.4 Å². The van der Waals surface area contributed by atoms with Crippen LogP contribution in [-0.4, -0.2) is 32.8 Å². The molecule has 0 fully saturated rings. The minimum atomic E-state index is -0.952. The predicted octanol–water partition coefficient (Wildman–Crippen LogP) is 2.01. The maximum atomic E-state index is 13.7. The van der Waals surface area contributed by atoms with Crippen LogP contribution < -0.4 is 10.1 Å². The molecule has 1 aromatic rings. The SMILES string of the molecule is CCOc1c(F)cc(N/C(=C/C(=O)OC)C(=O)OC)cc1F. The van der Waals surface area contributed by atoms with Crippen molar-refractivity contribution in [3.8, 4) is 5.75 Å². The van der Waals surface area contributed by atoms with Crippen molar-refractivity contribution in [3.63, 3.8) is 0 Å². The van der Waals surface area contributed by atoms with Gasteiger partial charge in [-0.15, -0.1) is 0 Å². The maximum Gasteiger partial charge on any atom is 0.354 e. The Kier molecular flexibility index (Phi) is 6.30. The van der Waals surface area contributed by atoms with E-state index in [4.69, 9.17) is 4.74 Å². The number of ether oxygens (including phenoxy) is 3. The molecule has 0 bridgehead atoms. The highest BCUT2D eigenvalue weighted by Crippen LogP contribution is 2.26. The first-order chi connectivity index (χ1) is 10.4. The van der Waals surface area contributed by atoms with Gasteiger partial charge in [-0.25, -0.2) is 18.4 Å². The van der Waals surface area contributed by atoms with Gasteiger partial charge < -0.3 is 19.5 Å². The summed E-state index contributed by atoms with van der Waals surface area (Å²) < 4.78 is 41.1. The second-order valence-corrected chi connectivity index (χ2v) is 3.90. The van der Waals surface area contributed by atoms with E-state index in [1.54, 1.807) is 6.92 Å². The van der Waals surface area contributed by atoms with Gasteiger partial charge in [0.25, 0.3) is 0 Å². The number of esters is 2. The van der Waals surface area contributed by atoms with Crippen LogP contribution in [0.2, 0.25) is 0 Å². The lowest BCUT2D eigenvalue weighted by molar-refractivity contribution is -0.138. The number of methoxy groups -OCH3 is 2. The molecule has 0 atom stereocenters. The Bertz CT molecular complexity index is 578. The minimum Gasteiger partial charge on any atom is -0.488 e. The molecule has 6 nitrogen and oxygen atoms in total. The number of hydrogen-bond donors (Lipinski definition) is 1. The Balaban J connectivity index is 3.11. The van der Waals surface area contributed by atoms with E-state index >= 15 is 0 Å². The molecule has 0 aliphatic heterocycles. The Morgan fingerprint density at radius 2 is 1.77 bits per heavy atom. The fraction of sp³-hybridized carbons (Fsp3) is 0.286. The molecule has 22 heavy (non-hydrogen) atoms. The Labute approximate surface area is 125 Å². The van der Waals surface area contributed by atoms with Crippen LogP contribution in [0.5, 0.6) is 5.75 Å². The van der Waals surface area contributed by atoms with E-state index in [0.29, 0.717) is 0 Å². The van der Waals surface area contributed by atoms with Crippen molar-refractivity contribution >= 4 is 17.6 Å². The summed E-state index contributed by atoms with van der Waals surface area (Å²) in [5.41, 5.74) is -0.434. The average molecular weight is 315 g/mol. The number of halogens is 2. The smallest absolute Gasteiger partial charge is 0.354 e. The third-order valence-corrected chi connectivity index (χ3v) is 2.43. The molecule has 1 aromatic carbocycles. The number of benzene rings is 1. The summed E-state index contributed by atoms with van der Waals surface area (Å²) in [6, 6.07) is 1.84. The first-order valence-electron chi connectivity index (χ1n) is 6.19.